The maximum absolute atomic E-state index is 13.8. The average molecular weight is 680 g/mol. The lowest BCUT2D eigenvalue weighted by Gasteiger charge is -2.34. The third-order valence-electron chi connectivity index (χ3n) is 7.77. The number of ether oxygens (including phenoxy) is 4. The molecule has 0 amide bonds. The molecule has 2 unspecified atom stereocenters. The van der Waals surface area contributed by atoms with E-state index in [0.717, 1.165) is 33.6 Å². The van der Waals surface area contributed by atoms with Crippen LogP contribution in [0.3, 0.4) is 0 Å². The Bertz CT molecular complexity index is 1620. The highest BCUT2D eigenvalue weighted by Gasteiger charge is 2.50. The van der Waals surface area contributed by atoms with Gasteiger partial charge in [0.15, 0.2) is 20.5 Å². The van der Waals surface area contributed by atoms with E-state index in [2.05, 4.69) is 57.2 Å². The van der Waals surface area contributed by atoms with Gasteiger partial charge < -0.3 is 18.9 Å². The van der Waals surface area contributed by atoms with Crippen molar-refractivity contribution in [1.82, 2.24) is 0 Å². The van der Waals surface area contributed by atoms with Crippen molar-refractivity contribution in [3.8, 4) is 5.75 Å². The molecule has 0 aliphatic carbocycles. The van der Waals surface area contributed by atoms with Crippen LogP contribution in [0.4, 0.5) is 8.78 Å². The fourth-order valence-corrected chi connectivity index (χ4v) is 7.74. The fourth-order valence-electron chi connectivity index (χ4n) is 5.03. The first kappa shape index (κ1) is 36.0. The number of rotatable bonds is 10. The highest BCUT2D eigenvalue weighted by atomic mass is 32.2. The van der Waals surface area contributed by atoms with Crippen molar-refractivity contribution in [3.05, 3.63) is 82.9 Å². The number of carbonyl (C=O) groups is 1. The van der Waals surface area contributed by atoms with E-state index in [1.807, 2.05) is 31.2 Å². The van der Waals surface area contributed by atoms with Crippen LogP contribution in [0.2, 0.25) is 0 Å². The molecule has 0 saturated carbocycles. The van der Waals surface area contributed by atoms with Crippen LogP contribution in [-0.2, 0) is 51.2 Å². The molecule has 2 atom stereocenters. The van der Waals surface area contributed by atoms with E-state index in [0.29, 0.717) is 24.3 Å². The summed E-state index contributed by atoms with van der Waals surface area (Å²) in [5.74, 6) is -1.57. The van der Waals surface area contributed by atoms with E-state index < -0.39 is 50.7 Å². The summed E-state index contributed by atoms with van der Waals surface area (Å²) in [6.45, 7) is 13.0. The van der Waals surface area contributed by atoms with E-state index in [9.17, 15) is 22.0 Å². The number of hydrogen-bond acceptors (Lipinski definition) is 7. The third kappa shape index (κ3) is 7.98. The van der Waals surface area contributed by atoms with Gasteiger partial charge in [0.2, 0.25) is 0 Å². The molecule has 46 heavy (non-hydrogen) atoms. The van der Waals surface area contributed by atoms with Crippen LogP contribution in [0.15, 0.2) is 75.4 Å². The molecule has 1 N–H and O–H groups in total. The van der Waals surface area contributed by atoms with E-state index in [-0.39, 0.29) is 11.2 Å². The Balaban J connectivity index is 1.64. The standard InChI is InChI=1S/C34H40F2O8S2/c1-22-19-29(20-23(2)31(22)44-30(37)21-41-24(3)34(35,36)46(38,39)40)45(27-13-9-25(10-14-27)32(4,5)6)28-15-11-26(12-16-28)33(7)42-17-8-18-43-33/h9-16,19-20,24H,8,17-18,21H2,1-7H3/p+1. The maximum Gasteiger partial charge on any atom is 0.394 e. The second-order valence-corrected chi connectivity index (χ2v) is 16.0. The Labute approximate surface area is 272 Å². The number of alkyl halides is 2. The molecule has 4 rings (SSSR count). The lowest BCUT2D eigenvalue weighted by Crippen LogP contribution is -2.42. The molecular weight excluding hydrogens is 638 g/mol. The lowest BCUT2D eigenvalue weighted by atomic mass is 9.87. The van der Waals surface area contributed by atoms with E-state index >= 15 is 0 Å². The number of esters is 1. The summed E-state index contributed by atoms with van der Waals surface area (Å²) < 4.78 is 80.5. The molecule has 12 heteroatoms. The topological polar surface area (TPSA) is 108 Å². The predicted octanol–water partition coefficient (Wildman–Crippen LogP) is 7.10. The molecule has 0 spiro atoms. The van der Waals surface area contributed by atoms with Crippen LogP contribution >= 0.6 is 0 Å². The van der Waals surface area contributed by atoms with Gasteiger partial charge in [0.25, 0.3) is 0 Å². The zero-order chi connectivity index (χ0) is 34.1. The van der Waals surface area contributed by atoms with Gasteiger partial charge in [-0.3, -0.25) is 4.55 Å². The van der Waals surface area contributed by atoms with Gasteiger partial charge in [-0.05, 0) is 92.6 Å². The van der Waals surface area contributed by atoms with Gasteiger partial charge in [0.1, 0.15) is 18.5 Å². The first-order valence-corrected chi connectivity index (χ1v) is 17.5. The monoisotopic (exact) mass is 679 g/mol. The van der Waals surface area contributed by atoms with E-state index in [1.165, 1.54) is 5.56 Å². The molecule has 1 aliphatic heterocycles. The molecule has 250 valence electrons. The van der Waals surface area contributed by atoms with Crippen LogP contribution in [0.1, 0.15) is 63.3 Å². The largest absolute Gasteiger partial charge is 0.424 e. The van der Waals surface area contributed by atoms with Crippen molar-refractivity contribution >= 4 is 27.0 Å². The molecule has 8 nitrogen and oxygen atoms in total. The van der Waals surface area contributed by atoms with Gasteiger partial charge in [0, 0.05) is 17.7 Å². The predicted molar refractivity (Wildman–Crippen MR) is 171 cm³/mol. The molecule has 1 fully saturated rings. The second-order valence-electron chi connectivity index (χ2n) is 12.5. The highest BCUT2D eigenvalue weighted by molar-refractivity contribution is 7.97. The summed E-state index contributed by atoms with van der Waals surface area (Å²) in [6, 6.07) is 20.6. The second kappa shape index (κ2) is 13.7. The van der Waals surface area contributed by atoms with Crippen LogP contribution in [0.25, 0.3) is 0 Å². The molecule has 1 saturated heterocycles. The summed E-state index contributed by atoms with van der Waals surface area (Å²) >= 11 is 0. The molecule has 3 aromatic rings. The fraction of sp³-hybridized carbons (Fsp3) is 0.441. The average Bonchev–Trinajstić information content (AvgIpc) is 2.98. The Morgan fingerprint density at radius 1 is 0.957 bits per heavy atom. The van der Waals surface area contributed by atoms with Gasteiger partial charge in [0.05, 0.1) is 24.1 Å². The Kier molecular flexibility index (Phi) is 10.7. The first-order valence-electron chi connectivity index (χ1n) is 14.8. The van der Waals surface area contributed by atoms with Crippen LogP contribution in [0.5, 0.6) is 5.75 Å². The Morgan fingerprint density at radius 2 is 1.46 bits per heavy atom. The number of hydrogen-bond donors (Lipinski definition) is 1. The van der Waals surface area contributed by atoms with Crippen molar-refractivity contribution in [3.63, 3.8) is 0 Å². The van der Waals surface area contributed by atoms with Crippen molar-refractivity contribution in [2.45, 2.75) is 92.1 Å². The summed E-state index contributed by atoms with van der Waals surface area (Å²) in [4.78, 5) is 15.6. The first-order chi connectivity index (χ1) is 21.3. The van der Waals surface area contributed by atoms with Crippen LogP contribution in [-0.4, -0.2) is 50.1 Å². The summed E-state index contributed by atoms with van der Waals surface area (Å²) in [5, 5.41) is -4.59. The summed E-state index contributed by atoms with van der Waals surface area (Å²) in [5.41, 5.74) is 3.38. The molecule has 3 aromatic carbocycles. The van der Waals surface area contributed by atoms with Gasteiger partial charge in [-0.15, -0.1) is 0 Å². The number of benzene rings is 3. The van der Waals surface area contributed by atoms with Crippen LogP contribution < -0.4 is 4.74 Å². The van der Waals surface area contributed by atoms with Crippen molar-refractivity contribution in [2.24, 2.45) is 0 Å². The zero-order valence-corrected chi connectivity index (χ0v) is 28.7. The Morgan fingerprint density at radius 3 is 1.93 bits per heavy atom. The van der Waals surface area contributed by atoms with Crippen molar-refractivity contribution in [1.29, 1.82) is 0 Å². The quantitative estimate of drug-likeness (QED) is 0.105. The number of halogens is 2. The van der Waals surface area contributed by atoms with Gasteiger partial charge in [-0.25, -0.2) is 4.79 Å². The molecule has 0 radical (unpaired) electrons. The Hall–Kier alpha value is -2.87. The smallest absolute Gasteiger partial charge is 0.394 e. The minimum absolute atomic E-state index is 0.0172. The van der Waals surface area contributed by atoms with Gasteiger partial charge >= 0.3 is 21.3 Å². The maximum atomic E-state index is 13.8. The van der Waals surface area contributed by atoms with Crippen molar-refractivity contribution < 1.29 is 45.5 Å². The van der Waals surface area contributed by atoms with Crippen molar-refractivity contribution in [2.75, 3.05) is 19.8 Å². The molecule has 0 aromatic heterocycles. The van der Waals surface area contributed by atoms with Crippen LogP contribution in [0, 0.1) is 13.8 Å². The normalized spacial score (nSPS) is 16.9. The number of aryl methyl sites for hydroxylation is 2. The SMILES string of the molecule is Cc1cc([S+](c2ccc(C(C)(C)C)cc2)c2ccc(C3(C)OCCCO3)cc2)cc(C)c1OC(=O)COC(C)C(F)(F)S(=O)(=O)O. The molecule has 0 bridgehead atoms. The molecule has 1 heterocycles. The lowest BCUT2D eigenvalue weighted by molar-refractivity contribution is -0.264. The van der Waals surface area contributed by atoms with Gasteiger partial charge in [-0.2, -0.15) is 17.2 Å². The van der Waals surface area contributed by atoms with Gasteiger partial charge in [-0.1, -0.05) is 32.9 Å². The zero-order valence-electron chi connectivity index (χ0n) is 27.1. The minimum Gasteiger partial charge on any atom is -0.424 e. The van der Waals surface area contributed by atoms with E-state index in [1.54, 1.807) is 13.8 Å². The number of carbonyl (C=O) groups excluding carboxylic acids is 1. The third-order valence-corrected chi connectivity index (χ3v) is 11.0. The summed E-state index contributed by atoms with van der Waals surface area (Å²) in [7, 11) is -6.28. The highest BCUT2D eigenvalue weighted by Crippen LogP contribution is 2.38. The minimum atomic E-state index is -5.72. The molecular formula is C34H41F2O8S2+. The van der Waals surface area contributed by atoms with E-state index in [4.69, 9.17) is 23.5 Å². The summed E-state index contributed by atoms with van der Waals surface area (Å²) in [6.07, 6.45) is -1.43. The molecule has 1 aliphatic rings.